The number of hydrogen-bond donors (Lipinski definition) is 0. The standard InChI is InChI=1S/C15H17N3O3/c1-4-12-16-11-8-6-5-7-10(11)13(19)18(12)17-9-15(17,2)14(20)21-3/h5-8H,4,9H2,1-3H3/t15-,17?/m0/s1. The summed E-state index contributed by atoms with van der Waals surface area (Å²) in [5, 5.41) is 2.26. The number of ether oxygens (including phenoxy) is 1. The smallest absolute Gasteiger partial charge is 0.334 e. The van der Waals surface area contributed by atoms with Crippen molar-refractivity contribution in [2.24, 2.45) is 0 Å². The predicted octanol–water partition coefficient (Wildman–Crippen LogP) is 0.842. The highest BCUT2D eigenvalue weighted by Gasteiger charge is 2.57. The number of carbonyl (C=O) groups is 1. The second-order valence-electron chi connectivity index (χ2n) is 5.34. The van der Waals surface area contributed by atoms with Crippen molar-refractivity contribution in [3.63, 3.8) is 0 Å². The maximum atomic E-state index is 12.7. The molecular weight excluding hydrogens is 270 g/mol. The zero-order valence-corrected chi connectivity index (χ0v) is 12.3. The van der Waals surface area contributed by atoms with Crippen LogP contribution in [-0.4, -0.2) is 34.8 Å². The first kappa shape index (κ1) is 13.6. The number of fused-ring (bicyclic) bond motifs is 1. The minimum absolute atomic E-state index is 0.148. The van der Waals surface area contributed by atoms with Crippen molar-refractivity contribution >= 4 is 16.9 Å². The van der Waals surface area contributed by atoms with E-state index in [0.717, 1.165) is 0 Å². The molecule has 0 N–H and O–H groups in total. The van der Waals surface area contributed by atoms with Crippen LogP contribution in [0.4, 0.5) is 0 Å². The van der Waals surface area contributed by atoms with Crippen LogP contribution in [0.15, 0.2) is 29.1 Å². The van der Waals surface area contributed by atoms with Gasteiger partial charge < -0.3 is 4.74 Å². The minimum atomic E-state index is -0.785. The van der Waals surface area contributed by atoms with Crippen LogP contribution in [0.1, 0.15) is 19.7 Å². The Morgan fingerprint density at radius 1 is 1.43 bits per heavy atom. The fourth-order valence-corrected chi connectivity index (χ4v) is 2.58. The first-order valence-corrected chi connectivity index (χ1v) is 6.90. The lowest BCUT2D eigenvalue weighted by Gasteiger charge is -2.17. The van der Waals surface area contributed by atoms with Gasteiger partial charge in [0.1, 0.15) is 5.82 Å². The molecule has 3 rings (SSSR count). The molecule has 2 aromatic rings. The number of nitrogens with zero attached hydrogens (tertiary/aromatic N) is 3. The van der Waals surface area contributed by atoms with Crippen molar-refractivity contribution in [1.82, 2.24) is 9.66 Å². The molecule has 2 heterocycles. The Kier molecular flexibility index (Phi) is 2.97. The molecule has 21 heavy (non-hydrogen) atoms. The second kappa shape index (κ2) is 4.58. The molecule has 0 radical (unpaired) electrons. The Morgan fingerprint density at radius 2 is 2.14 bits per heavy atom. The van der Waals surface area contributed by atoms with Crippen LogP contribution in [0, 0.1) is 0 Å². The molecule has 0 bridgehead atoms. The molecule has 1 saturated heterocycles. The molecule has 1 aromatic heterocycles. The number of methoxy groups -OCH3 is 1. The van der Waals surface area contributed by atoms with E-state index in [4.69, 9.17) is 4.74 Å². The molecule has 1 fully saturated rings. The largest absolute Gasteiger partial charge is 0.467 e. The lowest BCUT2D eigenvalue weighted by atomic mass is 10.2. The van der Waals surface area contributed by atoms with Gasteiger partial charge in [-0.2, -0.15) is 0 Å². The van der Waals surface area contributed by atoms with E-state index in [9.17, 15) is 9.59 Å². The number of esters is 1. The van der Waals surface area contributed by atoms with Gasteiger partial charge in [-0.15, -0.1) is 0 Å². The number of carbonyl (C=O) groups excluding carboxylic acids is 1. The predicted molar refractivity (Wildman–Crippen MR) is 78.9 cm³/mol. The van der Waals surface area contributed by atoms with Gasteiger partial charge in [0.25, 0.3) is 5.56 Å². The second-order valence-corrected chi connectivity index (χ2v) is 5.34. The lowest BCUT2D eigenvalue weighted by Crippen LogP contribution is -2.39. The maximum Gasteiger partial charge on any atom is 0.334 e. The van der Waals surface area contributed by atoms with E-state index >= 15 is 0 Å². The van der Waals surface area contributed by atoms with Crippen molar-refractivity contribution in [3.05, 3.63) is 40.4 Å². The normalized spacial score (nSPS) is 20.6. The SMILES string of the molecule is CCc1nc2ccccc2c(=O)n1N1C[C@@]1(C)C(=O)OC. The van der Waals surface area contributed by atoms with Crippen LogP contribution in [0.5, 0.6) is 0 Å². The molecule has 0 amide bonds. The molecule has 1 aromatic carbocycles. The summed E-state index contributed by atoms with van der Waals surface area (Å²) in [5.41, 5.74) is -0.255. The monoisotopic (exact) mass is 287 g/mol. The third-order valence-corrected chi connectivity index (χ3v) is 3.93. The molecule has 0 saturated carbocycles. The fraction of sp³-hybridized carbons (Fsp3) is 0.400. The summed E-state index contributed by atoms with van der Waals surface area (Å²) in [7, 11) is 1.35. The molecule has 6 nitrogen and oxygen atoms in total. The Bertz CT molecular complexity index is 783. The van der Waals surface area contributed by atoms with Gasteiger partial charge in [0.15, 0.2) is 5.54 Å². The maximum absolute atomic E-state index is 12.7. The van der Waals surface area contributed by atoms with Crippen molar-refractivity contribution in [2.45, 2.75) is 25.8 Å². The van der Waals surface area contributed by atoms with Gasteiger partial charge in [-0.3, -0.25) is 9.80 Å². The summed E-state index contributed by atoms with van der Waals surface area (Å²) < 4.78 is 6.33. The van der Waals surface area contributed by atoms with Crippen LogP contribution in [-0.2, 0) is 16.0 Å². The minimum Gasteiger partial charge on any atom is -0.467 e. The highest BCUT2D eigenvalue weighted by atomic mass is 16.5. The fourth-order valence-electron chi connectivity index (χ4n) is 2.58. The summed E-state index contributed by atoms with van der Waals surface area (Å²) >= 11 is 0. The molecule has 1 aliphatic heterocycles. The van der Waals surface area contributed by atoms with Crippen LogP contribution < -0.4 is 10.6 Å². The van der Waals surface area contributed by atoms with E-state index in [0.29, 0.717) is 29.7 Å². The number of para-hydroxylation sites is 1. The molecule has 0 aliphatic carbocycles. The van der Waals surface area contributed by atoms with Gasteiger partial charge in [0.2, 0.25) is 0 Å². The highest BCUT2D eigenvalue weighted by Crippen LogP contribution is 2.31. The van der Waals surface area contributed by atoms with Gasteiger partial charge in [0.05, 0.1) is 24.6 Å². The molecular formula is C15H17N3O3. The molecule has 0 unspecified atom stereocenters. The van der Waals surface area contributed by atoms with Gasteiger partial charge in [0, 0.05) is 6.42 Å². The zero-order valence-electron chi connectivity index (χ0n) is 12.3. The number of aryl methyl sites for hydroxylation is 1. The topological polar surface area (TPSA) is 64.2 Å². The average molecular weight is 287 g/mol. The van der Waals surface area contributed by atoms with Crippen LogP contribution >= 0.6 is 0 Å². The molecule has 6 heteroatoms. The van der Waals surface area contributed by atoms with Crippen molar-refractivity contribution in [2.75, 3.05) is 18.7 Å². The van der Waals surface area contributed by atoms with E-state index in [2.05, 4.69) is 4.98 Å². The molecule has 0 spiro atoms. The van der Waals surface area contributed by atoms with Crippen LogP contribution in [0.2, 0.25) is 0 Å². The van der Waals surface area contributed by atoms with Gasteiger partial charge in [-0.05, 0) is 19.1 Å². The Morgan fingerprint density at radius 3 is 2.81 bits per heavy atom. The molecule has 110 valence electrons. The Balaban J connectivity index is 2.18. The first-order valence-electron chi connectivity index (χ1n) is 6.90. The van der Waals surface area contributed by atoms with Crippen LogP contribution in [0.3, 0.4) is 0 Å². The number of rotatable bonds is 3. The summed E-state index contributed by atoms with van der Waals surface area (Å²) in [6.07, 6.45) is 0.605. The first-order chi connectivity index (χ1) is 10.0. The van der Waals surface area contributed by atoms with Crippen molar-refractivity contribution < 1.29 is 9.53 Å². The third kappa shape index (κ3) is 1.90. The number of hydrogen-bond acceptors (Lipinski definition) is 5. The highest BCUT2D eigenvalue weighted by molar-refractivity contribution is 5.88. The summed E-state index contributed by atoms with van der Waals surface area (Å²) in [4.78, 5) is 29.1. The molecule has 1 aliphatic rings. The third-order valence-electron chi connectivity index (χ3n) is 3.93. The number of aromatic nitrogens is 2. The lowest BCUT2D eigenvalue weighted by molar-refractivity contribution is -0.142. The van der Waals surface area contributed by atoms with E-state index in [1.807, 2.05) is 25.1 Å². The van der Waals surface area contributed by atoms with Gasteiger partial charge >= 0.3 is 5.97 Å². The van der Waals surface area contributed by atoms with Gasteiger partial charge in [-0.1, -0.05) is 19.1 Å². The van der Waals surface area contributed by atoms with E-state index in [-0.39, 0.29) is 11.5 Å². The zero-order chi connectivity index (χ0) is 15.2. The van der Waals surface area contributed by atoms with Crippen molar-refractivity contribution in [3.8, 4) is 0 Å². The van der Waals surface area contributed by atoms with Crippen molar-refractivity contribution in [1.29, 1.82) is 0 Å². The summed E-state index contributed by atoms with van der Waals surface area (Å²) in [5.74, 6) is 0.302. The number of benzene rings is 1. The average Bonchev–Trinajstić information content (AvgIpc) is 3.19. The summed E-state index contributed by atoms with van der Waals surface area (Å²) in [6, 6.07) is 7.24. The Hall–Kier alpha value is -2.37. The van der Waals surface area contributed by atoms with E-state index in [1.165, 1.54) is 11.8 Å². The van der Waals surface area contributed by atoms with Crippen LogP contribution in [0.25, 0.3) is 10.9 Å². The molecule has 1 atom stereocenters. The van der Waals surface area contributed by atoms with Gasteiger partial charge in [-0.25, -0.2) is 14.5 Å². The Labute approximate surface area is 121 Å². The quantitative estimate of drug-likeness (QED) is 0.618. The van der Waals surface area contributed by atoms with E-state index in [1.54, 1.807) is 18.0 Å². The summed E-state index contributed by atoms with van der Waals surface area (Å²) in [6.45, 7) is 4.15. The van der Waals surface area contributed by atoms with E-state index < -0.39 is 5.54 Å².